The number of nitrogens with one attached hydrogen (secondary N) is 2. The Kier molecular flexibility index (Phi) is 8.12. The first-order chi connectivity index (χ1) is 14.8. The van der Waals surface area contributed by atoms with Gasteiger partial charge in [0.1, 0.15) is 11.4 Å². The molecular weight excluding hydrogens is 394 g/mol. The summed E-state index contributed by atoms with van der Waals surface area (Å²) < 4.78 is 11.1. The standard InChI is InChI=1S/C24H35N3O4/c1-18(2)27(16-21-7-4-5-13-30-21)15-19-9-11-20(12-10-19)26-23(28)25-17-24(3,29)22-8-6-14-31-22/h6,8-12,14,18,21,29H,4-5,7,13,15-17H2,1-3H3,(H2,25,26,28)/t21-,24+/m0/s1. The fourth-order valence-corrected chi connectivity index (χ4v) is 3.70. The lowest BCUT2D eigenvalue weighted by atomic mass is 10.0. The Labute approximate surface area is 184 Å². The molecule has 1 aromatic carbocycles. The van der Waals surface area contributed by atoms with Crippen molar-refractivity contribution < 1.29 is 19.1 Å². The van der Waals surface area contributed by atoms with Crippen LogP contribution in [0.25, 0.3) is 0 Å². The highest BCUT2D eigenvalue weighted by atomic mass is 16.5. The zero-order valence-electron chi connectivity index (χ0n) is 18.8. The van der Waals surface area contributed by atoms with E-state index in [9.17, 15) is 9.90 Å². The summed E-state index contributed by atoms with van der Waals surface area (Å²) in [6, 6.07) is 11.3. The average Bonchev–Trinajstić information content (AvgIpc) is 3.30. The van der Waals surface area contributed by atoms with Gasteiger partial charge in [-0.1, -0.05) is 12.1 Å². The number of ether oxygens (including phenoxy) is 1. The van der Waals surface area contributed by atoms with Gasteiger partial charge in [0.15, 0.2) is 0 Å². The maximum atomic E-state index is 12.2. The molecule has 170 valence electrons. The van der Waals surface area contributed by atoms with E-state index in [0.29, 0.717) is 23.6 Å². The summed E-state index contributed by atoms with van der Waals surface area (Å²) in [7, 11) is 0. The maximum Gasteiger partial charge on any atom is 0.319 e. The monoisotopic (exact) mass is 429 g/mol. The summed E-state index contributed by atoms with van der Waals surface area (Å²) in [5.41, 5.74) is 0.620. The highest BCUT2D eigenvalue weighted by Gasteiger charge is 2.26. The van der Waals surface area contributed by atoms with E-state index in [2.05, 4.69) is 29.4 Å². The number of nitrogens with zero attached hydrogens (tertiary/aromatic N) is 1. The predicted molar refractivity (Wildman–Crippen MR) is 121 cm³/mol. The summed E-state index contributed by atoms with van der Waals surface area (Å²) in [4.78, 5) is 14.6. The number of hydrogen-bond acceptors (Lipinski definition) is 5. The van der Waals surface area contributed by atoms with Crippen molar-refractivity contribution in [1.82, 2.24) is 10.2 Å². The number of carbonyl (C=O) groups excluding carboxylic acids is 1. The fraction of sp³-hybridized carbons (Fsp3) is 0.542. The second-order valence-corrected chi connectivity index (χ2v) is 8.77. The Bertz CT molecular complexity index is 797. The van der Waals surface area contributed by atoms with Crippen molar-refractivity contribution in [3.8, 4) is 0 Å². The lowest BCUT2D eigenvalue weighted by Gasteiger charge is -2.32. The smallest absolute Gasteiger partial charge is 0.319 e. The van der Waals surface area contributed by atoms with E-state index in [1.54, 1.807) is 19.1 Å². The van der Waals surface area contributed by atoms with E-state index in [0.717, 1.165) is 26.1 Å². The normalized spacial score (nSPS) is 18.7. The molecule has 7 nitrogen and oxygen atoms in total. The summed E-state index contributed by atoms with van der Waals surface area (Å²) in [5.74, 6) is 0.408. The number of rotatable bonds is 9. The molecule has 3 N–H and O–H groups in total. The lowest BCUT2D eigenvalue weighted by Crippen LogP contribution is -2.40. The zero-order valence-corrected chi connectivity index (χ0v) is 18.8. The number of hydrogen-bond donors (Lipinski definition) is 3. The summed E-state index contributed by atoms with van der Waals surface area (Å²) >= 11 is 0. The SMILES string of the molecule is CC(C)N(Cc1ccc(NC(=O)NC[C@@](C)(O)c2ccco2)cc1)C[C@@H]1CCCCO1. The second kappa shape index (κ2) is 10.8. The molecule has 0 bridgehead atoms. The third-order valence-electron chi connectivity index (χ3n) is 5.69. The van der Waals surface area contributed by atoms with Crippen LogP contribution in [-0.2, 0) is 16.9 Å². The lowest BCUT2D eigenvalue weighted by molar-refractivity contribution is -0.0129. The molecular formula is C24H35N3O4. The van der Waals surface area contributed by atoms with Crippen molar-refractivity contribution >= 4 is 11.7 Å². The van der Waals surface area contributed by atoms with Crippen LogP contribution in [0.3, 0.4) is 0 Å². The molecule has 1 aliphatic rings. The number of amides is 2. The molecule has 1 fully saturated rings. The van der Waals surface area contributed by atoms with Crippen LogP contribution >= 0.6 is 0 Å². The Morgan fingerprint density at radius 3 is 2.65 bits per heavy atom. The summed E-state index contributed by atoms with van der Waals surface area (Å²) in [5, 5.41) is 15.9. The van der Waals surface area contributed by atoms with Crippen LogP contribution in [0.2, 0.25) is 0 Å². The number of furan rings is 1. The number of anilines is 1. The summed E-state index contributed by atoms with van der Waals surface area (Å²) in [6.07, 6.45) is 5.36. The van der Waals surface area contributed by atoms with E-state index in [1.165, 1.54) is 24.7 Å². The van der Waals surface area contributed by atoms with Crippen molar-refractivity contribution in [1.29, 1.82) is 0 Å². The van der Waals surface area contributed by atoms with Crippen molar-refractivity contribution in [2.75, 3.05) is 25.0 Å². The van der Waals surface area contributed by atoms with Gasteiger partial charge in [0.2, 0.25) is 0 Å². The number of carbonyl (C=O) groups is 1. The first-order valence-electron chi connectivity index (χ1n) is 11.1. The Morgan fingerprint density at radius 1 is 1.26 bits per heavy atom. The molecule has 31 heavy (non-hydrogen) atoms. The Morgan fingerprint density at radius 2 is 2.03 bits per heavy atom. The first kappa shape index (κ1) is 23.3. The van der Waals surface area contributed by atoms with Crippen LogP contribution in [0, 0.1) is 0 Å². The highest BCUT2D eigenvalue weighted by molar-refractivity contribution is 5.89. The van der Waals surface area contributed by atoms with E-state index in [-0.39, 0.29) is 12.6 Å². The van der Waals surface area contributed by atoms with E-state index >= 15 is 0 Å². The summed E-state index contributed by atoms with van der Waals surface area (Å²) in [6.45, 7) is 8.71. The number of aliphatic hydroxyl groups is 1. The largest absolute Gasteiger partial charge is 0.466 e. The van der Waals surface area contributed by atoms with Gasteiger partial charge < -0.3 is 24.9 Å². The first-order valence-corrected chi connectivity index (χ1v) is 11.1. The third-order valence-corrected chi connectivity index (χ3v) is 5.69. The van der Waals surface area contributed by atoms with Crippen LogP contribution in [0.1, 0.15) is 51.4 Å². The van der Waals surface area contributed by atoms with Gasteiger partial charge in [-0.3, -0.25) is 4.90 Å². The Balaban J connectivity index is 1.48. The van der Waals surface area contributed by atoms with Gasteiger partial charge >= 0.3 is 6.03 Å². The van der Waals surface area contributed by atoms with Gasteiger partial charge in [-0.15, -0.1) is 0 Å². The topological polar surface area (TPSA) is 87.0 Å². The third kappa shape index (κ3) is 7.09. The fourth-order valence-electron chi connectivity index (χ4n) is 3.70. The molecule has 0 unspecified atom stereocenters. The van der Waals surface area contributed by atoms with Crippen LogP contribution in [-0.4, -0.2) is 47.9 Å². The van der Waals surface area contributed by atoms with Gasteiger partial charge in [0, 0.05) is 31.4 Å². The van der Waals surface area contributed by atoms with Crippen LogP contribution in [0.15, 0.2) is 47.1 Å². The van der Waals surface area contributed by atoms with Crippen LogP contribution < -0.4 is 10.6 Å². The molecule has 2 aromatic rings. The molecule has 3 rings (SSSR count). The minimum absolute atomic E-state index is 0.0387. The predicted octanol–water partition coefficient (Wildman–Crippen LogP) is 4.09. The minimum atomic E-state index is -1.27. The number of benzene rings is 1. The van der Waals surface area contributed by atoms with E-state index < -0.39 is 5.60 Å². The zero-order chi connectivity index (χ0) is 22.3. The van der Waals surface area contributed by atoms with Gasteiger partial charge in [-0.2, -0.15) is 0 Å². The van der Waals surface area contributed by atoms with Crippen molar-refractivity contribution in [2.24, 2.45) is 0 Å². The van der Waals surface area contributed by atoms with E-state index in [1.807, 2.05) is 24.3 Å². The average molecular weight is 430 g/mol. The molecule has 1 aliphatic heterocycles. The van der Waals surface area contributed by atoms with Crippen molar-refractivity contribution in [3.05, 3.63) is 54.0 Å². The molecule has 0 radical (unpaired) electrons. The molecule has 0 aliphatic carbocycles. The van der Waals surface area contributed by atoms with Gasteiger partial charge in [0.25, 0.3) is 0 Å². The van der Waals surface area contributed by atoms with Gasteiger partial charge in [-0.25, -0.2) is 4.79 Å². The van der Waals surface area contributed by atoms with Crippen LogP contribution in [0.4, 0.5) is 10.5 Å². The molecule has 2 heterocycles. The molecule has 1 saturated heterocycles. The van der Waals surface area contributed by atoms with Crippen LogP contribution in [0.5, 0.6) is 0 Å². The maximum absolute atomic E-state index is 12.2. The van der Waals surface area contributed by atoms with E-state index in [4.69, 9.17) is 9.15 Å². The molecule has 2 atom stereocenters. The molecule has 0 saturated carbocycles. The quantitative estimate of drug-likeness (QED) is 0.559. The Hall–Kier alpha value is -2.35. The second-order valence-electron chi connectivity index (χ2n) is 8.77. The molecule has 1 aromatic heterocycles. The van der Waals surface area contributed by atoms with Gasteiger partial charge in [-0.05, 0) is 69.9 Å². The minimum Gasteiger partial charge on any atom is -0.466 e. The molecule has 7 heteroatoms. The van der Waals surface area contributed by atoms with Gasteiger partial charge in [0.05, 0.1) is 18.9 Å². The highest BCUT2D eigenvalue weighted by Crippen LogP contribution is 2.20. The number of urea groups is 1. The van der Waals surface area contributed by atoms with Crippen molar-refractivity contribution in [3.63, 3.8) is 0 Å². The molecule has 2 amide bonds. The molecule has 0 spiro atoms. The van der Waals surface area contributed by atoms with Crippen molar-refractivity contribution in [2.45, 2.75) is 64.3 Å².